The molecule has 0 aliphatic heterocycles. The summed E-state index contributed by atoms with van der Waals surface area (Å²) in [6, 6.07) is 5.39. The van der Waals surface area contributed by atoms with Crippen LogP contribution in [0.5, 0.6) is 0 Å². The molecular weight excluding hydrogens is 304 g/mol. The molecule has 6 nitrogen and oxygen atoms in total. The van der Waals surface area contributed by atoms with Gasteiger partial charge in [-0.1, -0.05) is 13.8 Å². The van der Waals surface area contributed by atoms with E-state index in [-0.39, 0.29) is 24.4 Å². The lowest BCUT2D eigenvalue weighted by molar-refractivity contribution is 0.0783. The van der Waals surface area contributed by atoms with E-state index in [1.807, 2.05) is 6.07 Å². The van der Waals surface area contributed by atoms with Crippen LogP contribution in [-0.4, -0.2) is 40.6 Å². The minimum atomic E-state index is -0.125. The molecule has 1 unspecified atom stereocenters. The van der Waals surface area contributed by atoms with Gasteiger partial charge in [-0.25, -0.2) is 0 Å². The second kappa shape index (κ2) is 8.00. The van der Waals surface area contributed by atoms with Gasteiger partial charge >= 0.3 is 0 Å². The molecule has 2 aromatic heterocycles. The Balaban J connectivity index is 0.00000242. The Morgan fingerprint density at radius 2 is 2.23 bits per heavy atom. The molecular formula is C15H23ClN4O2. The van der Waals surface area contributed by atoms with Crippen molar-refractivity contribution in [2.75, 3.05) is 13.6 Å². The molecule has 2 rings (SSSR count). The number of nitrogens with one attached hydrogen (secondary N) is 1. The minimum Gasteiger partial charge on any atom is -0.463 e. The van der Waals surface area contributed by atoms with E-state index in [1.54, 1.807) is 30.3 Å². The maximum Gasteiger partial charge on any atom is 0.274 e. The highest BCUT2D eigenvalue weighted by molar-refractivity contribution is 5.93. The Kier molecular flexibility index (Phi) is 6.64. The van der Waals surface area contributed by atoms with Crippen LogP contribution in [-0.2, 0) is 0 Å². The molecule has 1 amide bonds. The van der Waals surface area contributed by atoms with Gasteiger partial charge in [0.05, 0.1) is 6.26 Å². The van der Waals surface area contributed by atoms with Crippen LogP contribution < -0.4 is 5.73 Å². The van der Waals surface area contributed by atoms with Crippen LogP contribution in [0.4, 0.5) is 0 Å². The lowest BCUT2D eigenvalue weighted by Gasteiger charge is -2.20. The Bertz CT molecular complexity index is 580. The normalized spacial score (nSPS) is 12.0. The van der Waals surface area contributed by atoms with Crippen molar-refractivity contribution >= 4 is 18.3 Å². The number of hydrogen-bond donors (Lipinski definition) is 2. The van der Waals surface area contributed by atoms with Gasteiger partial charge < -0.3 is 15.1 Å². The summed E-state index contributed by atoms with van der Waals surface area (Å²) in [5, 5.41) is 6.86. The number of H-pyrrole nitrogens is 1. The van der Waals surface area contributed by atoms with Crippen molar-refractivity contribution in [3.8, 4) is 11.5 Å². The zero-order valence-electron chi connectivity index (χ0n) is 13.1. The van der Waals surface area contributed by atoms with Crippen LogP contribution in [0.1, 0.15) is 30.8 Å². The van der Waals surface area contributed by atoms with Gasteiger partial charge in [-0.3, -0.25) is 9.89 Å². The van der Waals surface area contributed by atoms with Crippen LogP contribution in [0.3, 0.4) is 0 Å². The fourth-order valence-corrected chi connectivity index (χ4v) is 1.96. The van der Waals surface area contributed by atoms with Crippen LogP contribution in [0.2, 0.25) is 0 Å². The summed E-state index contributed by atoms with van der Waals surface area (Å²) in [4.78, 5) is 13.9. The maximum atomic E-state index is 12.3. The van der Waals surface area contributed by atoms with Crippen molar-refractivity contribution in [1.29, 1.82) is 0 Å². The van der Waals surface area contributed by atoms with Gasteiger partial charge in [0.15, 0.2) is 11.5 Å². The first kappa shape index (κ1) is 18.3. The summed E-state index contributed by atoms with van der Waals surface area (Å²) in [5.41, 5.74) is 7.07. The van der Waals surface area contributed by atoms with Crippen molar-refractivity contribution in [3.63, 3.8) is 0 Å². The van der Waals surface area contributed by atoms with E-state index < -0.39 is 0 Å². The Morgan fingerprint density at radius 3 is 2.82 bits per heavy atom. The topological polar surface area (TPSA) is 88.1 Å². The molecule has 0 aliphatic rings. The molecule has 0 saturated carbocycles. The predicted octanol–water partition coefficient (Wildman–Crippen LogP) is 2.54. The van der Waals surface area contributed by atoms with E-state index in [0.717, 1.165) is 6.42 Å². The van der Waals surface area contributed by atoms with Gasteiger partial charge in [0.25, 0.3) is 5.91 Å². The summed E-state index contributed by atoms with van der Waals surface area (Å²) < 4.78 is 5.27. The van der Waals surface area contributed by atoms with Gasteiger partial charge in [-0.05, 0) is 24.5 Å². The number of carbonyl (C=O) groups is 1. The molecule has 2 heterocycles. The average Bonchev–Trinajstić information content (AvgIpc) is 3.12. The molecule has 0 aliphatic carbocycles. The summed E-state index contributed by atoms with van der Waals surface area (Å²) in [5.74, 6) is 0.940. The number of aromatic amines is 1. The third-order valence-corrected chi connectivity index (χ3v) is 3.58. The number of furan rings is 1. The number of nitrogens with two attached hydrogens (primary N) is 1. The van der Waals surface area contributed by atoms with Crippen molar-refractivity contribution < 1.29 is 9.21 Å². The molecule has 7 heteroatoms. The highest BCUT2D eigenvalue weighted by Gasteiger charge is 2.18. The predicted molar refractivity (Wildman–Crippen MR) is 87.9 cm³/mol. The van der Waals surface area contributed by atoms with Crippen molar-refractivity contribution in [3.05, 3.63) is 30.2 Å². The number of aromatic nitrogens is 2. The van der Waals surface area contributed by atoms with E-state index >= 15 is 0 Å². The third kappa shape index (κ3) is 4.35. The largest absolute Gasteiger partial charge is 0.463 e. The zero-order valence-corrected chi connectivity index (χ0v) is 13.9. The van der Waals surface area contributed by atoms with Crippen LogP contribution in [0, 0.1) is 5.92 Å². The zero-order chi connectivity index (χ0) is 15.4. The molecule has 1 atom stereocenters. The molecule has 2 aromatic rings. The molecule has 0 spiro atoms. The summed E-state index contributed by atoms with van der Waals surface area (Å²) in [6.07, 6.45) is 2.35. The van der Waals surface area contributed by atoms with E-state index in [0.29, 0.717) is 29.6 Å². The first-order valence-electron chi connectivity index (χ1n) is 7.09. The minimum absolute atomic E-state index is 0. The summed E-state index contributed by atoms with van der Waals surface area (Å²) >= 11 is 0. The van der Waals surface area contributed by atoms with E-state index in [2.05, 4.69) is 24.0 Å². The summed E-state index contributed by atoms with van der Waals surface area (Å²) in [7, 11) is 1.76. The van der Waals surface area contributed by atoms with Crippen molar-refractivity contribution in [2.24, 2.45) is 11.7 Å². The number of halogens is 1. The Hall–Kier alpha value is -1.79. The Labute approximate surface area is 136 Å². The average molecular weight is 327 g/mol. The monoisotopic (exact) mass is 326 g/mol. The highest BCUT2D eigenvalue weighted by Crippen LogP contribution is 2.18. The fourth-order valence-electron chi connectivity index (χ4n) is 1.96. The lowest BCUT2D eigenvalue weighted by Crippen LogP contribution is -2.34. The lowest BCUT2D eigenvalue weighted by atomic mass is 10.0. The second-order valence-electron chi connectivity index (χ2n) is 5.57. The molecule has 0 aromatic carbocycles. The highest BCUT2D eigenvalue weighted by atomic mass is 35.5. The van der Waals surface area contributed by atoms with Crippen LogP contribution >= 0.6 is 12.4 Å². The smallest absolute Gasteiger partial charge is 0.274 e. The van der Waals surface area contributed by atoms with Crippen LogP contribution in [0.15, 0.2) is 28.9 Å². The van der Waals surface area contributed by atoms with E-state index in [4.69, 9.17) is 10.2 Å². The number of hydrogen-bond acceptors (Lipinski definition) is 4. The van der Waals surface area contributed by atoms with Crippen LogP contribution in [0.25, 0.3) is 11.5 Å². The van der Waals surface area contributed by atoms with Gasteiger partial charge in [-0.2, -0.15) is 5.10 Å². The third-order valence-electron chi connectivity index (χ3n) is 3.58. The fraction of sp³-hybridized carbons (Fsp3) is 0.467. The first-order valence-corrected chi connectivity index (χ1v) is 7.09. The summed E-state index contributed by atoms with van der Waals surface area (Å²) in [6.45, 7) is 4.77. The van der Waals surface area contributed by atoms with E-state index in [1.165, 1.54) is 0 Å². The standard InChI is InChI=1S/C15H22N4O2.ClH/c1-10(2)11(16)6-7-19(3)15(20)13-9-12(17-18-13)14-5-4-8-21-14;/h4-5,8-11H,6-7,16H2,1-3H3,(H,17,18);1H. The first-order chi connectivity index (χ1) is 9.99. The van der Waals surface area contributed by atoms with Gasteiger partial charge in [0, 0.05) is 25.7 Å². The number of rotatable bonds is 6. The second-order valence-corrected chi connectivity index (χ2v) is 5.57. The van der Waals surface area contributed by atoms with Crippen molar-refractivity contribution in [1.82, 2.24) is 15.1 Å². The van der Waals surface area contributed by atoms with Gasteiger partial charge in [0.2, 0.25) is 0 Å². The Morgan fingerprint density at radius 1 is 1.50 bits per heavy atom. The molecule has 0 radical (unpaired) electrons. The van der Waals surface area contributed by atoms with Gasteiger partial charge in [0.1, 0.15) is 5.69 Å². The quantitative estimate of drug-likeness (QED) is 0.853. The van der Waals surface area contributed by atoms with Gasteiger partial charge in [-0.15, -0.1) is 12.4 Å². The van der Waals surface area contributed by atoms with E-state index in [9.17, 15) is 4.79 Å². The molecule has 122 valence electrons. The molecule has 3 N–H and O–H groups in total. The number of nitrogens with zero attached hydrogens (tertiary/aromatic N) is 2. The maximum absolute atomic E-state index is 12.3. The number of amides is 1. The number of carbonyl (C=O) groups excluding carboxylic acids is 1. The molecule has 0 fully saturated rings. The molecule has 0 bridgehead atoms. The molecule has 22 heavy (non-hydrogen) atoms. The SMILES string of the molecule is CC(C)C(N)CCN(C)C(=O)c1cc(-c2ccco2)[nH]n1.Cl. The van der Waals surface area contributed by atoms with Crippen molar-refractivity contribution in [2.45, 2.75) is 26.3 Å². The molecule has 0 saturated heterocycles.